The summed E-state index contributed by atoms with van der Waals surface area (Å²) in [5.74, 6) is -2.89. The molecule has 158 valence electrons. The first-order valence-corrected chi connectivity index (χ1v) is 9.82. The predicted octanol–water partition coefficient (Wildman–Crippen LogP) is 3.01. The van der Waals surface area contributed by atoms with Crippen molar-refractivity contribution in [3.8, 4) is 5.75 Å². The SMILES string of the molecule is COc1cc(F)c(C2CC(=O)N(c3nc(N4CC5CC4CO5)ccc3F)C2)c(F)c1. The normalized spacial score (nSPS) is 25.5. The molecule has 3 saturated heterocycles. The summed E-state index contributed by atoms with van der Waals surface area (Å²) in [5.41, 5.74) is -0.197. The van der Waals surface area contributed by atoms with Crippen LogP contribution in [0.1, 0.15) is 24.3 Å². The van der Waals surface area contributed by atoms with E-state index >= 15 is 0 Å². The number of amides is 1. The predicted molar refractivity (Wildman–Crippen MR) is 102 cm³/mol. The standard InChI is InChI=1S/C21H20F3N3O3/c1-29-13-6-16(23)20(17(24)7-13)11-4-19(28)27(8-11)21-15(22)2-3-18(25-21)26-9-14-5-12(26)10-30-14/h2-3,6-7,11-12,14H,4-5,8-10H2,1H3. The summed E-state index contributed by atoms with van der Waals surface area (Å²) >= 11 is 0. The summed E-state index contributed by atoms with van der Waals surface area (Å²) in [7, 11) is 1.31. The van der Waals surface area contributed by atoms with E-state index in [1.165, 1.54) is 18.1 Å². The third kappa shape index (κ3) is 3.08. The van der Waals surface area contributed by atoms with Gasteiger partial charge in [0.25, 0.3) is 0 Å². The minimum absolute atomic E-state index is 0.0540. The number of fused-ring (bicyclic) bond motifs is 2. The van der Waals surface area contributed by atoms with Crippen LogP contribution in [0.3, 0.4) is 0 Å². The molecular weight excluding hydrogens is 399 g/mol. The van der Waals surface area contributed by atoms with Gasteiger partial charge in [0.15, 0.2) is 11.6 Å². The lowest BCUT2D eigenvalue weighted by atomic mass is 9.97. The fourth-order valence-electron chi connectivity index (χ4n) is 4.63. The van der Waals surface area contributed by atoms with Gasteiger partial charge in [0, 0.05) is 43.1 Å². The van der Waals surface area contributed by atoms with Crippen molar-refractivity contribution in [2.45, 2.75) is 30.9 Å². The van der Waals surface area contributed by atoms with E-state index < -0.39 is 29.3 Å². The molecule has 3 unspecified atom stereocenters. The number of nitrogens with zero attached hydrogens (tertiary/aromatic N) is 3. The molecule has 1 amide bonds. The third-order valence-corrected chi connectivity index (χ3v) is 6.08. The number of rotatable bonds is 4. The highest BCUT2D eigenvalue weighted by atomic mass is 19.1. The summed E-state index contributed by atoms with van der Waals surface area (Å²) in [6.07, 6.45) is 0.909. The van der Waals surface area contributed by atoms with Crippen LogP contribution in [0, 0.1) is 17.5 Å². The molecule has 0 radical (unpaired) electrons. The zero-order chi connectivity index (χ0) is 21.0. The van der Waals surface area contributed by atoms with Gasteiger partial charge < -0.3 is 14.4 Å². The minimum Gasteiger partial charge on any atom is -0.497 e. The summed E-state index contributed by atoms with van der Waals surface area (Å²) in [6, 6.07) is 5.20. The van der Waals surface area contributed by atoms with Gasteiger partial charge in [0.05, 0.1) is 25.9 Å². The van der Waals surface area contributed by atoms with Gasteiger partial charge in [-0.25, -0.2) is 18.2 Å². The van der Waals surface area contributed by atoms with Crippen molar-refractivity contribution in [3.63, 3.8) is 0 Å². The average Bonchev–Trinajstić information content (AvgIpc) is 3.44. The van der Waals surface area contributed by atoms with E-state index in [4.69, 9.17) is 9.47 Å². The number of aromatic nitrogens is 1. The van der Waals surface area contributed by atoms with E-state index in [0.717, 1.165) is 18.6 Å². The molecule has 6 nitrogen and oxygen atoms in total. The minimum atomic E-state index is -0.790. The van der Waals surface area contributed by atoms with Crippen LogP contribution in [0.15, 0.2) is 24.3 Å². The lowest BCUT2D eigenvalue weighted by molar-refractivity contribution is -0.117. The van der Waals surface area contributed by atoms with Gasteiger partial charge in [-0.05, 0) is 18.6 Å². The fraction of sp³-hybridized carbons (Fsp3) is 0.429. The molecule has 3 aliphatic rings. The summed E-state index contributed by atoms with van der Waals surface area (Å²) in [5, 5.41) is 0. The molecule has 0 aliphatic carbocycles. The Kier molecular flexibility index (Phi) is 4.57. The maximum atomic E-state index is 14.6. The van der Waals surface area contributed by atoms with Crippen LogP contribution in [-0.4, -0.2) is 49.8 Å². The lowest BCUT2D eigenvalue weighted by Crippen LogP contribution is -2.38. The van der Waals surface area contributed by atoms with Crippen molar-refractivity contribution >= 4 is 17.5 Å². The van der Waals surface area contributed by atoms with Crippen LogP contribution in [0.4, 0.5) is 24.8 Å². The molecule has 1 aromatic carbocycles. The van der Waals surface area contributed by atoms with E-state index in [2.05, 4.69) is 9.88 Å². The quantitative estimate of drug-likeness (QED) is 0.763. The smallest absolute Gasteiger partial charge is 0.228 e. The van der Waals surface area contributed by atoms with Crippen LogP contribution in [0.2, 0.25) is 0 Å². The Morgan fingerprint density at radius 2 is 1.90 bits per heavy atom. The Hall–Kier alpha value is -2.81. The van der Waals surface area contributed by atoms with Crippen molar-refractivity contribution in [3.05, 3.63) is 47.3 Å². The molecule has 3 aliphatic heterocycles. The average molecular weight is 419 g/mol. The van der Waals surface area contributed by atoms with Gasteiger partial charge in [-0.2, -0.15) is 0 Å². The molecule has 9 heteroatoms. The largest absolute Gasteiger partial charge is 0.497 e. The van der Waals surface area contributed by atoms with Crippen molar-refractivity contribution in [2.24, 2.45) is 0 Å². The number of methoxy groups -OCH3 is 1. The number of hydrogen-bond acceptors (Lipinski definition) is 5. The van der Waals surface area contributed by atoms with E-state index in [1.54, 1.807) is 6.07 Å². The third-order valence-electron chi connectivity index (χ3n) is 6.08. The molecule has 0 saturated carbocycles. The van der Waals surface area contributed by atoms with E-state index in [0.29, 0.717) is 19.0 Å². The van der Waals surface area contributed by atoms with E-state index in [1.807, 2.05) is 0 Å². The number of carbonyl (C=O) groups is 1. The van der Waals surface area contributed by atoms with Crippen LogP contribution in [0.25, 0.3) is 0 Å². The second kappa shape index (κ2) is 7.16. The molecule has 30 heavy (non-hydrogen) atoms. The topological polar surface area (TPSA) is 54.9 Å². The Balaban J connectivity index is 1.43. The van der Waals surface area contributed by atoms with Gasteiger partial charge in [-0.1, -0.05) is 0 Å². The Morgan fingerprint density at radius 1 is 1.13 bits per heavy atom. The summed E-state index contributed by atoms with van der Waals surface area (Å²) in [4.78, 5) is 20.3. The highest BCUT2D eigenvalue weighted by molar-refractivity contribution is 5.96. The first-order chi connectivity index (χ1) is 14.4. The molecule has 3 fully saturated rings. The molecule has 1 aromatic heterocycles. The summed E-state index contributed by atoms with van der Waals surface area (Å²) < 4.78 is 54.0. The molecule has 5 rings (SSSR count). The Bertz CT molecular complexity index is 995. The number of anilines is 2. The number of morpholine rings is 1. The molecule has 3 atom stereocenters. The molecule has 0 N–H and O–H groups in total. The van der Waals surface area contributed by atoms with Crippen molar-refractivity contribution in [2.75, 3.05) is 36.6 Å². The molecule has 0 spiro atoms. The van der Waals surface area contributed by atoms with Crippen molar-refractivity contribution in [1.29, 1.82) is 0 Å². The zero-order valence-electron chi connectivity index (χ0n) is 16.3. The number of hydrogen-bond donors (Lipinski definition) is 0. The Morgan fingerprint density at radius 3 is 2.53 bits per heavy atom. The summed E-state index contributed by atoms with van der Waals surface area (Å²) in [6.45, 7) is 1.21. The van der Waals surface area contributed by atoms with Crippen LogP contribution in [0.5, 0.6) is 5.75 Å². The van der Waals surface area contributed by atoms with Crippen molar-refractivity contribution < 1.29 is 27.4 Å². The van der Waals surface area contributed by atoms with Crippen LogP contribution < -0.4 is 14.5 Å². The lowest BCUT2D eigenvalue weighted by Gasteiger charge is -2.29. The monoisotopic (exact) mass is 419 g/mol. The number of ether oxygens (including phenoxy) is 2. The van der Waals surface area contributed by atoms with Gasteiger partial charge >= 0.3 is 0 Å². The maximum absolute atomic E-state index is 14.6. The first kappa shape index (κ1) is 19.2. The van der Waals surface area contributed by atoms with E-state index in [9.17, 15) is 18.0 Å². The zero-order valence-corrected chi connectivity index (χ0v) is 16.3. The molecule has 4 heterocycles. The second-order valence-electron chi connectivity index (χ2n) is 7.88. The second-order valence-corrected chi connectivity index (χ2v) is 7.88. The maximum Gasteiger partial charge on any atom is 0.228 e. The number of halogens is 3. The van der Waals surface area contributed by atoms with Crippen LogP contribution in [-0.2, 0) is 9.53 Å². The fourth-order valence-corrected chi connectivity index (χ4v) is 4.63. The van der Waals surface area contributed by atoms with Gasteiger partial charge in [-0.3, -0.25) is 9.69 Å². The highest BCUT2D eigenvalue weighted by Gasteiger charge is 2.41. The molecule has 2 bridgehead atoms. The van der Waals surface area contributed by atoms with E-state index in [-0.39, 0.29) is 42.2 Å². The highest BCUT2D eigenvalue weighted by Crippen LogP contribution is 2.38. The van der Waals surface area contributed by atoms with Crippen LogP contribution >= 0.6 is 0 Å². The van der Waals surface area contributed by atoms with Crippen molar-refractivity contribution in [1.82, 2.24) is 4.98 Å². The van der Waals surface area contributed by atoms with Gasteiger partial charge in [0.2, 0.25) is 5.91 Å². The number of benzene rings is 1. The van der Waals surface area contributed by atoms with Gasteiger partial charge in [-0.15, -0.1) is 0 Å². The number of carbonyl (C=O) groups excluding carboxylic acids is 1. The molecular formula is C21H20F3N3O3. The first-order valence-electron chi connectivity index (χ1n) is 9.82. The Labute approximate surface area is 171 Å². The molecule has 2 aromatic rings. The number of pyridine rings is 1. The van der Waals surface area contributed by atoms with Gasteiger partial charge in [0.1, 0.15) is 23.2 Å².